The summed E-state index contributed by atoms with van der Waals surface area (Å²) >= 11 is 0. The molecule has 1 rings (SSSR count). The molecule has 58 valence electrons. The highest BCUT2D eigenvalue weighted by Gasteiger charge is 2.30. The third-order valence-electron chi connectivity index (χ3n) is 2.64. The summed E-state index contributed by atoms with van der Waals surface area (Å²) in [5.41, 5.74) is 1.31. The van der Waals surface area contributed by atoms with Crippen molar-refractivity contribution in [3.05, 3.63) is 12.2 Å². The Hall–Kier alpha value is -0.300. The molecule has 1 heteroatoms. The Kier molecular flexibility index (Phi) is 2.14. The molecule has 0 spiro atoms. The maximum atomic E-state index is 3.96. The molecular weight excluding hydrogens is 122 g/mol. The Bertz CT molecular complexity index is 136. The second kappa shape index (κ2) is 2.75. The third-order valence-corrected chi connectivity index (χ3v) is 2.64. The van der Waals surface area contributed by atoms with Gasteiger partial charge in [0.25, 0.3) is 0 Å². The van der Waals surface area contributed by atoms with Crippen LogP contribution in [0.5, 0.6) is 0 Å². The van der Waals surface area contributed by atoms with E-state index in [-0.39, 0.29) is 0 Å². The van der Waals surface area contributed by atoms with E-state index in [0.29, 0.717) is 5.92 Å². The summed E-state index contributed by atoms with van der Waals surface area (Å²) in [4.78, 5) is 0. The molecule has 10 heavy (non-hydrogen) atoms. The van der Waals surface area contributed by atoms with Gasteiger partial charge in [0.1, 0.15) is 0 Å². The van der Waals surface area contributed by atoms with Crippen molar-refractivity contribution in [2.24, 2.45) is 11.8 Å². The van der Waals surface area contributed by atoms with Crippen molar-refractivity contribution in [1.82, 2.24) is 5.32 Å². The summed E-state index contributed by atoms with van der Waals surface area (Å²) in [7, 11) is 0. The fraction of sp³-hybridized carbons (Fsp3) is 0.778. The first-order chi connectivity index (χ1) is 4.63. The van der Waals surface area contributed by atoms with Crippen LogP contribution in [0.2, 0.25) is 0 Å². The van der Waals surface area contributed by atoms with Crippen LogP contribution in [0.25, 0.3) is 0 Å². The third kappa shape index (κ3) is 1.60. The molecule has 0 aromatic rings. The standard InChI is InChI=1S/C9H17N/c1-6(2)7(3)8(4)9-5-10-9/h7-10H,1,5H2,2-4H3/t7?,8-,9?/m1/s1. The highest BCUT2D eigenvalue weighted by atomic mass is 15.1. The zero-order chi connectivity index (χ0) is 7.72. The number of rotatable bonds is 3. The largest absolute Gasteiger partial charge is 0.311 e. The van der Waals surface area contributed by atoms with Crippen molar-refractivity contribution in [2.45, 2.75) is 26.8 Å². The summed E-state index contributed by atoms with van der Waals surface area (Å²) < 4.78 is 0. The van der Waals surface area contributed by atoms with Crippen molar-refractivity contribution in [2.75, 3.05) is 6.54 Å². The van der Waals surface area contributed by atoms with Crippen LogP contribution in [0.3, 0.4) is 0 Å². The molecule has 1 fully saturated rings. The van der Waals surface area contributed by atoms with Crippen LogP contribution in [0.1, 0.15) is 20.8 Å². The molecule has 1 aliphatic heterocycles. The summed E-state index contributed by atoms with van der Waals surface area (Å²) in [6.07, 6.45) is 0. The van der Waals surface area contributed by atoms with Gasteiger partial charge in [-0.15, -0.1) is 0 Å². The first-order valence-corrected chi connectivity index (χ1v) is 4.01. The number of hydrogen-bond donors (Lipinski definition) is 1. The second-order valence-electron chi connectivity index (χ2n) is 3.51. The minimum absolute atomic E-state index is 0.667. The molecule has 1 heterocycles. The second-order valence-corrected chi connectivity index (χ2v) is 3.51. The van der Waals surface area contributed by atoms with Crippen molar-refractivity contribution in [3.63, 3.8) is 0 Å². The molecule has 0 aromatic heterocycles. The summed E-state index contributed by atoms with van der Waals surface area (Å²) in [6.45, 7) is 11.8. The molecule has 0 radical (unpaired) electrons. The van der Waals surface area contributed by atoms with Gasteiger partial charge in [0.05, 0.1) is 0 Å². The molecule has 1 N–H and O–H groups in total. The topological polar surface area (TPSA) is 21.9 Å². The highest BCUT2D eigenvalue weighted by Crippen LogP contribution is 2.25. The Morgan fingerprint density at radius 1 is 1.60 bits per heavy atom. The van der Waals surface area contributed by atoms with Gasteiger partial charge in [0, 0.05) is 12.6 Å². The van der Waals surface area contributed by atoms with E-state index in [9.17, 15) is 0 Å². The number of hydrogen-bond acceptors (Lipinski definition) is 1. The predicted molar refractivity (Wildman–Crippen MR) is 44.9 cm³/mol. The zero-order valence-corrected chi connectivity index (χ0v) is 7.15. The van der Waals surface area contributed by atoms with Crippen LogP contribution < -0.4 is 5.32 Å². The molecular formula is C9H17N. The van der Waals surface area contributed by atoms with E-state index < -0.39 is 0 Å². The fourth-order valence-electron chi connectivity index (χ4n) is 1.24. The van der Waals surface area contributed by atoms with Gasteiger partial charge in [-0.1, -0.05) is 26.0 Å². The zero-order valence-electron chi connectivity index (χ0n) is 7.15. The first-order valence-electron chi connectivity index (χ1n) is 4.01. The van der Waals surface area contributed by atoms with Crippen LogP contribution in [-0.2, 0) is 0 Å². The van der Waals surface area contributed by atoms with Crippen LogP contribution in [0, 0.1) is 11.8 Å². The lowest BCUT2D eigenvalue weighted by atomic mass is 9.88. The quantitative estimate of drug-likeness (QED) is 0.467. The summed E-state index contributed by atoms with van der Waals surface area (Å²) in [6, 6.07) is 0.770. The van der Waals surface area contributed by atoms with Gasteiger partial charge in [-0.2, -0.15) is 0 Å². The van der Waals surface area contributed by atoms with Crippen LogP contribution in [0.4, 0.5) is 0 Å². The lowest BCUT2D eigenvalue weighted by molar-refractivity contribution is 0.433. The SMILES string of the molecule is C=C(C)C(C)[C@@H](C)C1CN1. The molecule has 0 bridgehead atoms. The Morgan fingerprint density at radius 3 is 2.40 bits per heavy atom. The molecule has 0 aromatic carbocycles. The van der Waals surface area contributed by atoms with Crippen molar-refractivity contribution < 1.29 is 0 Å². The van der Waals surface area contributed by atoms with Crippen molar-refractivity contribution in [3.8, 4) is 0 Å². The van der Waals surface area contributed by atoms with Crippen LogP contribution in [0.15, 0.2) is 12.2 Å². The Labute approximate surface area is 63.5 Å². The molecule has 3 atom stereocenters. The average molecular weight is 139 g/mol. The molecule has 0 aliphatic carbocycles. The normalized spacial score (nSPS) is 29.3. The lowest BCUT2D eigenvalue weighted by Gasteiger charge is -2.18. The highest BCUT2D eigenvalue weighted by molar-refractivity contribution is 5.02. The fourth-order valence-corrected chi connectivity index (χ4v) is 1.24. The van der Waals surface area contributed by atoms with E-state index in [1.807, 2.05) is 0 Å². The van der Waals surface area contributed by atoms with Crippen molar-refractivity contribution >= 4 is 0 Å². The Balaban J connectivity index is 2.38. The number of nitrogens with one attached hydrogen (secondary N) is 1. The molecule has 2 unspecified atom stereocenters. The van der Waals surface area contributed by atoms with E-state index in [4.69, 9.17) is 0 Å². The van der Waals surface area contributed by atoms with Gasteiger partial charge in [0.2, 0.25) is 0 Å². The minimum atomic E-state index is 0.667. The predicted octanol–water partition coefficient (Wildman–Crippen LogP) is 1.81. The monoisotopic (exact) mass is 139 g/mol. The van der Waals surface area contributed by atoms with Crippen LogP contribution >= 0.6 is 0 Å². The van der Waals surface area contributed by atoms with E-state index in [1.54, 1.807) is 0 Å². The van der Waals surface area contributed by atoms with Gasteiger partial charge in [0.15, 0.2) is 0 Å². The van der Waals surface area contributed by atoms with E-state index in [0.717, 1.165) is 12.0 Å². The van der Waals surface area contributed by atoms with Gasteiger partial charge >= 0.3 is 0 Å². The van der Waals surface area contributed by atoms with E-state index in [1.165, 1.54) is 12.1 Å². The van der Waals surface area contributed by atoms with E-state index >= 15 is 0 Å². The maximum absolute atomic E-state index is 3.96. The van der Waals surface area contributed by atoms with Gasteiger partial charge in [-0.25, -0.2) is 0 Å². The minimum Gasteiger partial charge on any atom is -0.311 e. The average Bonchev–Trinajstić information content (AvgIpc) is 2.65. The molecule has 1 saturated heterocycles. The molecule has 0 amide bonds. The van der Waals surface area contributed by atoms with Gasteiger partial charge < -0.3 is 5.32 Å². The molecule has 1 aliphatic rings. The van der Waals surface area contributed by atoms with Gasteiger partial charge in [-0.05, 0) is 18.8 Å². The molecule has 0 saturated carbocycles. The Morgan fingerprint density at radius 2 is 2.10 bits per heavy atom. The summed E-state index contributed by atoms with van der Waals surface area (Å²) in [5, 5.41) is 3.33. The smallest absolute Gasteiger partial charge is 0.0224 e. The summed E-state index contributed by atoms with van der Waals surface area (Å²) in [5.74, 6) is 1.43. The van der Waals surface area contributed by atoms with Gasteiger partial charge in [-0.3, -0.25) is 0 Å². The lowest BCUT2D eigenvalue weighted by Crippen LogP contribution is -2.16. The van der Waals surface area contributed by atoms with E-state index in [2.05, 4.69) is 32.7 Å². The maximum Gasteiger partial charge on any atom is 0.0224 e. The van der Waals surface area contributed by atoms with Crippen LogP contribution in [-0.4, -0.2) is 12.6 Å². The van der Waals surface area contributed by atoms with Crippen molar-refractivity contribution in [1.29, 1.82) is 0 Å². The first kappa shape index (κ1) is 7.80. The molecule has 1 nitrogen and oxygen atoms in total. The number of allylic oxidation sites excluding steroid dienone is 1.